The van der Waals surface area contributed by atoms with E-state index < -0.39 is 11.8 Å². The van der Waals surface area contributed by atoms with E-state index in [0.717, 1.165) is 0 Å². The Kier molecular flexibility index (Phi) is 3.94. The van der Waals surface area contributed by atoms with E-state index in [2.05, 4.69) is 4.74 Å². The lowest BCUT2D eigenvalue weighted by Crippen LogP contribution is -2.04. The average molecular weight is 272 g/mol. The first-order valence-corrected chi connectivity index (χ1v) is 6.02. The lowest BCUT2D eigenvalue weighted by molar-refractivity contribution is 0.0595. The van der Waals surface area contributed by atoms with Gasteiger partial charge in [0.1, 0.15) is 5.82 Å². The van der Waals surface area contributed by atoms with Crippen LogP contribution >= 0.6 is 0 Å². The second kappa shape index (κ2) is 5.65. The molecule has 0 aliphatic heterocycles. The number of ether oxygens (including phenoxy) is 1. The summed E-state index contributed by atoms with van der Waals surface area (Å²) in [6.07, 6.45) is 0. The van der Waals surface area contributed by atoms with Crippen LogP contribution in [0.15, 0.2) is 42.5 Å². The maximum atomic E-state index is 13.9. The van der Waals surface area contributed by atoms with Crippen LogP contribution in [0.4, 0.5) is 4.39 Å². The fraction of sp³-hybridized carbons (Fsp3) is 0.125. The van der Waals surface area contributed by atoms with Gasteiger partial charge in [-0.1, -0.05) is 24.3 Å². The predicted octanol–water partition coefficient (Wildman–Crippen LogP) is 3.48. The monoisotopic (exact) mass is 272 g/mol. The van der Waals surface area contributed by atoms with E-state index in [1.165, 1.54) is 26.2 Å². The fourth-order valence-corrected chi connectivity index (χ4v) is 1.89. The molecule has 0 atom stereocenters. The minimum Gasteiger partial charge on any atom is -0.465 e. The van der Waals surface area contributed by atoms with E-state index in [0.29, 0.717) is 16.7 Å². The van der Waals surface area contributed by atoms with E-state index in [1.54, 1.807) is 30.3 Å². The van der Waals surface area contributed by atoms with Gasteiger partial charge in [-0.25, -0.2) is 9.18 Å². The first-order valence-electron chi connectivity index (χ1n) is 6.02. The first-order chi connectivity index (χ1) is 9.52. The van der Waals surface area contributed by atoms with Crippen LogP contribution in [0.25, 0.3) is 11.1 Å². The summed E-state index contributed by atoms with van der Waals surface area (Å²) < 4.78 is 18.4. The van der Waals surface area contributed by atoms with Crippen LogP contribution < -0.4 is 0 Å². The maximum Gasteiger partial charge on any atom is 0.340 e. The molecule has 0 bridgehead atoms. The Hall–Kier alpha value is -2.49. The van der Waals surface area contributed by atoms with Crippen molar-refractivity contribution in [3.05, 3.63) is 59.4 Å². The molecule has 2 aromatic rings. The Labute approximate surface area is 116 Å². The molecule has 0 aliphatic carbocycles. The Morgan fingerprint density at radius 3 is 2.35 bits per heavy atom. The summed E-state index contributed by atoms with van der Waals surface area (Å²) in [6, 6.07) is 11.1. The van der Waals surface area contributed by atoms with E-state index in [9.17, 15) is 14.0 Å². The highest BCUT2D eigenvalue weighted by atomic mass is 19.1. The third-order valence-corrected chi connectivity index (χ3v) is 2.98. The summed E-state index contributed by atoms with van der Waals surface area (Å²) in [5.74, 6) is -1.42. The zero-order valence-electron chi connectivity index (χ0n) is 11.1. The predicted molar refractivity (Wildman–Crippen MR) is 73.2 cm³/mol. The molecule has 0 amide bonds. The number of esters is 1. The number of carbonyl (C=O) groups is 2. The number of carbonyl (C=O) groups excluding carboxylic acids is 2. The van der Waals surface area contributed by atoms with Crippen LogP contribution in [0, 0.1) is 5.82 Å². The maximum absolute atomic E-state index is 13.9. The number of ketones is 1. The molecule has 0 aromatic heterocycles. The molecule has 0 unspecified atom stereocenters. The molecule has 0 saturated heterocycles. The van der Waals surface area contributed by atoms with Gasteiger partial charge in [0.25, 0.3) is 0 Å². The van der Waals surface area contributed by atoms with E-state index in [1.807, 2.05) is 0 Å². The number of halogens is 1. The van der Waals surface area contributed by atoms with Crippen LogP contribution in [0.3, 0.4) is 0 Å². The van der Waals surface area contributed by atoms with Crippen molar-refractivity contribution in [1.82, 2.24) is 0 Å². The Bertz CT molecular complexity index is 677. The van der Waals surface area contributed by atoms with Crippen molar-refractivity contribution in [1.29, 1.82) is 0 Å². The molecule has 0 radical (unpaired) electrons. The van der Waals surface area contributed by atoms with Gasteiger partial charge >= 0.3 is 5.97 Å². The smallest absolute Gasteiger partial charge is 0.340 e. The molecule has 102 valence electrons. The van der Waals surface area contributed by atoms with E-state index in [4.69, 9.17) is 0 Å². The third-order valence-electron chi connectivity index (χ3n) is 2.98. The van der Waals surface area contributed by atoms with Crippen molar-refractivity contribution >= 4 is 11.8 Å². The molecule has 2 rings (SSSR count). The second-order valence-electron chi connectivity index (χ2n) is 4.32. The minimum absolute atomic E-state index is 0.0569. The summed E-state index contributed by atoms with van der Waals surface area (Å²) in [6.45, 7) is 1.47. The van der Waals surface area contributed by atoms with Crippen LogP contribution in [0.2, 0.25) is 0 Å². The molecule has 4 heteroatoms. The normalized spacial score (nSPS) is 10.2. The molecular formula is C16H13FO3. The minimum atomic E-state index is -0.716. The molecule has 2 aromatic carbocycles. The number of hydrogen-bond acceptors (Lipinski definition) is 3. The van der Waals surface area contributed by atoms with Gasteiger partial charge in [-0.2, -0.15) is 0 Å². The molecule has 3 nitrogen and oxygen atoms in total. The number of Topliss-reactive ketones (excluding diaryl/α,β-unsaturated/α-hetero) is 1. The second-order valence-corrected chi connectivity index (χ2v) is 4.32. The SMILES string of the molecule is COC(=O)c1ccc(-c2cccc(C(C)=O)c2)cc1F. The quantitative estimate of drug-likeness (QED) is 0.634. The highest BCUT2D eigenvalue weighted by Crippen LogP contribution is 2.23. The molecule has 0 aliphatic rings. The van der Waals surface area contributed by atoms with Crippen LogP contribution in [-0.4, -0.2) is 18.9 Å². The van der Waals surface area contributed by atoms with E-state index in [-0.39, 0.29) is 11.3 Å². The van der Waals surface area contributed by atoms with Gasteiger partial charge < -0.3 is 4.74 Å². The summed E-state index contributed by atoms with van der Waals surface area (Å²) in [7, 11) is 1.20. The first kappa shape index (κ1) is 13.9. The summed E-state index contributed by atoms with van der Waals surface area (Å²) >= 11 is 0. The Morgan fingerprint density at radius 2 is 1.75 bits per heavy atom. The lowest BCUT2D eigenvalue weighted by atomic mass is 10.0. The number of methoxy groups -OCH3 is 1. The zero-order chi connectivity index (χ0) is 14.7. The van der Waals surface area contributed by atoms with Gasteiger partial charge in [0.05, 0.1) is 12.7 Å². The van der Waals surface area contributed by atoms with Gasteiger partial charge in [-0.3, -0.25) is 4.79 Å². The lowest BCUT2D eigenvalue weighted by Gasteiger charge is -2.06. The van der Waals surface area contributed by atoms with Gasteiger partial charge in [0.2, 0.25) is 0 Å². The summed E-state index contributed by atoms with van der Waals surface area (Å²) in [4.78, 5) is 22.7. The molecule has 0 N–H and O–H groups in total. The van der Waals surface area contributed by atoms with Crippen molar-refractivity contribution in [3.63, 3.8) is 0 Å². The largest absolute Gasteiger partial charge is 0.465 e. The average Bonchev–Trinajstić information content (AvgIpc) is 2.46. The fourth-order valence-electron chi connectivity index (χ4n) is 1.89. The van der Waals surface area contributed by atoms with Gasteiger partial charge in [-0.15, -0.1) is 0 Å². The van der Waals surface area contributed by atoms with Crippen molar-refractivity contribution in [2.75, 3.05) is 7.11 Å². The number of hydrogen-bond donors (Lipinski definition) is 0. The van der Waals surface area contributed by atoms with Gasteiger partial charge in [0, 0.05) is 5.56 Å². The Morgan fingerprint density at radius 1 is 1.05 bits per heavy atom. The molecule has 0 spiro atoms. The standard InChI is InChI=1S/C16H13FO3/c1-10(18)11-4-3-5-12(8-11)13-6-7-14(15(17)9-13)16(19)20-2/h3-9H,1-2H3. The topological polar surface area (TPSA) is 43.4 Å². The highest BCUT2D eigenvalue weighted by molar-refractivity contribution is 5.95. The zero-order valence-corrected chi connectivity index (χ0v) is 11.1. The van der Waals surface area contributed by atoms with Crippen molar-refractivity contribution in [2.24, 2.45) is 0 Å². The summed E-state index contributed by atoms with van der Waals surface area (Å²) in [5, 5.41) is 0. The number of benzene rings is 2. The number of rotatable bonds is 3. The van der Waals surface area contributed by atoms with Gasteiger partial charge in [0.15, 0.2) is 5.78 Å². The van der Waals surface area contributed by atoms with Crippen LogP contribution in [0.1, 0.15) is 27.6 Å². The molecule has 0 saturated carbocycles. The van der Waals surface area contributed by atoms with Crippen LogP contribution in [0.5, 0.6) is 0 Å². The third kappa shape index (κ3) is 2.74. The molecular weight excluding hydrogens is 259 g/mol. The molecule has 0 heterocycles. The van der Waals surface area contributed by atoms with Gasteiger partial charge in [-0.05, 0) is 36.2 Å². The van der Waals surface area contributed by atoms with Crippen molar-refractivity contribution in [3.8, 4) is 11.1 Å². The van der Waals surface area contributed by atoms with Crippen molar-refractivity contribution in [2.45, 2.75) is 6.92 Å². The Balaban J connectivity index is 2.44. The highest BCUT2D eigenvalue weighted by Gasteiger charge is 2.13. The molecule has 20 heavy (non-hydrogen) atoms. The van der Waals surface area contributed by atoms with Crippen LogP contribution in [-0.2, 0) is 4.74 Å². The molecule has 0 fully saturated rings. The summed E-state index contributed by atoms with van der Waals surface area (Å²) in [5.41, 5.74) is 1.75. The van der Waals surface area contributed by atoms with Crippen molar-refractivity contribution < 1.29 is 18.7 Å². The van der Waals surface area contributed by atoms with E-state index >= 15 is 0 Å².